The molecule has 8 aromatic rings. The molecule has 0 saturated carbocycles. The number of hydrogen-bond donors (Lipinski definition) is 0. The van der Waals surface area contributed by atoms with Crippen LogP contribution in [0.4, 0.5) is 17.1 Å². The second-order valence-electron chi connectivity index (χ2n) is 11.5. The molecule has 0 atom stereocenters. The van der Waals surface area contributed by atoms with E-state index in [4.69, 9.17) is 8.83 Å². The van der Waals surface area contributed by atoms with Gasteiger partial charge in [0, 0.05) is 74.8 Å². The first kappa shape index (κ1) is 23.3. The molecule has 0 radical (unpaired) electrons. The molecule has 5 nitrogen and oxygen atoms in total. The maximum Gasteiger partial charge on any atom is 0.138 e. The van der Waals surface area contributed by atoms with Crippen molar-refractivity contribution < 1.29 is 8.83 Å². The lowest BCUT2D eigenvalue weighted by atomic mass is 9.82. The first-order valence-corrected chi connectivity index (χ1v) is 14.1. The third-order valence-electron chi connectivity index (χ3n) is 8.85. The van der Waals surface area contributed by atoms with Crippen LogP contribution in [0.2, 0.25) is 0 Å². The van der Waals surface area contributed by atoms with Crippen molar-refractivity contribution in [3.63, 3.8) is 0 Å². The van der Waals surface area contributed by atoms with Crippen molar-refractivity contribution in [2.45, 2.75) is 19.3 Å². The minimum atomic E-state index is -0.111. The Balaban J connectivity index is 1.35. The molecular formula is C37H25N3O2. The van der Waals surface area contributed by atoms with Gasteiger partial charge in [0.05, 0.1) is 5.69 Å². The number of rotatable bonds is 3. The van der Waals surface area contributed by atoms with Crippen LogP contribution in [0.25, 0.3) is 55.0 Å². The summed E-state index contributed by atoms with van der Waals surface area (Å²) >= 11 is 0. The highest BCUT2D eigenvalue weighted by molar-refractivity contribution is 6.08. The van der Waals surface area contributed by atoms with E-state index in [2.05, 4.69) is 108 Å². The third kappa shape index (κ3) is 3.13. The molecule has 5 heteroatoms. The van der Waals surface area contributed by atoms with Gasteiger partial charge in [0.25, 0.3) is 0 Å². The van der Waals surface area contributed by atoms with Gasteiger partial charge >= 0.3 is 0 Å². The summed E-state index contributed by atoms with van der Waals surface area (Å²) in [6.07, 6.45) is 7.28. The molecule has 1 aliphatic carbocycles. The van der Waals surface area contributed by atoms with Crippen molar-refractivity contribution in [2.24, 2.45) is 0 Å². The van der Waals surface area contributed by atoms with Crippen molar-refractivity contribution in [3.8, 4) is 11.1 Å². The fourth-order valence-electron chi connectivity index (χ4n) is 6.85. The molecule has 9 rings (SSSR count). The summed E-state index contributed by atoms with van der Waals surface area (Å²) in [5.74, 6) is 0. The molecule has 0 unspecified atom stereocenters. The lowest BCUT2D eigenvalue weighted by molar-refractivity contribution is 0.660. The normalized spacial score (nSPS) is 13.7. The Morgan fingerprint density at radius 3 is 2.07 bits per heavy atom. The van der Waals surface area contributed by atoms with E-state index in [0.717, 1.165) is 60.9 Å². The zero-order chi connectivity index (χ0) is 28.0. The van der Waals surface area contributed by atoms with E-state index < -0.39 is 0 Å². The highest BCUT2D eigenvalue weighted by atomic mass is 16.3. The molecular weight excluding hydrogens is 518 g/mol. The van der Waals surface area contributed by atoms with Gasteiger partial charge in [0.2, 0.25) is 0 Å². The van der Waals surface area contributed by atoms with Crippen molar-refractivity contribution in [1.82, 2.24) is 9.97 Å². The number of furan rings is 2. The second kappa shape index (κ2) is 8.30. The average Bonchev–Trinajstić information content (AvgIpc) is 3.65. The Hall–Kier alpha value is -5.42. The molecule has 4 aromatic carbocycles. The number of pyridine rings is 2. The highest BCUT2D eigenvalue weighted by Gasteiger charge is 2.37. The number of hydrogen-bond acceptors (Lipinski definition) is 5. The van der Waals surface area contributed by atoms with Crippen molar-refractivity contribution >= 4 is 60.9 Å². The zero-order valence-corrected chi connectivity index (χ0v) is 23.1. The summed E-state index contributed by atoms with van der Waals surface area (Å²) in [4.78, 5) is 11.0. The monoisotopic (exact) mass is 543 g/mol. The number of nitrogens with zero attached hydrogens (tertiary/aromatic N) is 3. The molecule has 0 amide bonds. The standard InChI is InChI=1S/C37H25N3O2/c1-37(2)29-7-4-3-6-25(29)36-30(37)8-5-9-31(36)40(22-11-13-32-26(18-22)28-21-39-17-15-34(28)41-32)23-10-12-24-27-20-38-16-14-33(27)42-35(24)19-23/h3-21H,1-2H3. The Bertz CT molecular complexity index is 2360. The lowest BCUT2D eigenvalue weighted by Gasteiger charge is -2.29. The Morgan fingerprint density at radius 1 is 0.571 bits per heavy atom. The molecule has 200 valence electrons. The first-order valence-electron chi connectivity index (χ1n) is 14.1. The summed E-state index contributed by atoms with van der Waals surface area (Å²) in [5.41, 5.74) is 11.6. The van der Waals surface area contributed by atoms with Crippen LogP contribution in [0.3, 0.4) is 0 Å². The molecule has 0 aliphatic heterocycles. The minimum Gasteiger partial charge on any atom is -0.456 e. The van der Waals surface area contributed by atoms with E-state index in [1.807, 2.05) is 24.5 Å². The Kier molecular flexibility index (Phi) is 4.61. The smallest absolute Gasteiger partial charge is 0.138 e. The molecule has 42 heavy (non-hydrogen) atoms. The predicted molar refractivity (Wildman–Crippen MR) is 169 cm³/mol. The minimum absolute atomic E-state index is 0.111. The predicted octanol–water partition coefficient (Wildman–Crippen LogP) is 10.1. The average molecular weight is 544 g/mol. The van der Waals surface area contributed by atoms with Crippen LogP contribution < -0.4 is 4.90 Å². The highest BCUT2D eigenvalue weighted by Crippen LogP contribution is 2.54. The summed E-state index contributed by atoms with van der Waals surface area (Å²) < 4.78 is 12.5. The van der Waals surface area contributed by atoms with Crippen LogP contribution in [0.5, 0.6) is 0 Å². The quantitative estimate of drug-likeness (QED) is 0.222. The molecule has 0 saturated heterocycles. The van der Waals surface area contributed by atoms with Gasteiger partial charge in [-0.05, 0) is 65.2 Å². The van der Waals surface area contributed by atoms with Gasteiger partial charge in [-0.3, -0.25) is 9.97 Å². The fourth-order valence-corrected chi connectivity index (χ4v) is 6.85. The lowest BCUT2D eigenvalue weighted by Crippen LogP contribution is -2.16. The largest absolute Gasteiger partial charge is 0.456 e. The summed E-state index contributed by atoms with van der Waals surface area (Å²) in [6, 6.07) is 32.1. The van der Waals surface area contributed by atoms with Crippen molar-refractivity contribution in [1.29, 1.82) is 0 Å². The molecule has 0 N–H and O–H groups in total. The van der Waals surface area contributed by atoms with Gasteiger partial charge in [0.1, 0.15) is 22.3 Å². The van der Waals surface area contributed by atoms with Crippen LogP contribution in [0.1, 0.15) is 25.0 Å². The number of fused-ring (bicyclic) bond motifs is 9. The number of benzene rings is 4. The zero-order valence-electron chi connectivity index (χ0n) is 23.1. The van der Waals surface area contributed by atoms with Gasteiger partial charge in [-0.1, -0.05) is 50.2 Å². The summed E-state index contributed by atoms with van der Waals surface area (Å²) in [7, 11) is 0. The van der Waals surface area contributed by atoms with E-state index in [1.165, 1.54) is 22.3 Å². The topological polar surface area (TPSA) is 55.3 Å². The van der Waals surface area contributed by atoms with Crippen LogP contribution in [0.15, 0.2) is 125 Å². The van der Waals surface area contributed by atoms with Gasteiger partial charge in [-0.15, -0.1) is 0 Å². The van der Waals surface area contributed by atoms with Crippen LogP contribution in [-0.4, -0.2) is 9.97 Å². The van der Waals surface area contributed by atoms with Crippen molar-refractivity contribution in [3.05, 3.63) is 127 Å². The second-order valence-corrected chi connectivity index (χ2v) is 11.5. The maximum atomic E-state index is 6.32. The molecule has 4 aromatic heterocycles. The Morgan fingerprint density at radius 2 is 1.24 bits per heavy atom. The molecule has 4 heterocycles. The van der Waals surface area contributed by atoms with Gasteiger partial charge in [-0.2, -0.15) is 0 Å². The number of aromatic nitrogens is 2. The summed E-state index contributed by atoms with van der Waals surface area (Å²) in [6.45, 7) is 4.63. The third-order valence-corrected chi connectivity index (χ3v) is 8.85. The van der Waals surface area contributed by atoms with E-state index in [1.54, 1.807) is 12.4 Å². The first-order chi connectivity index (χ1) is 20.6. The molecule has 1 aliphatic rings. The van der Waals surface area contributed by atoms with Crippen molar-refractivity contribution in [2.75, 3.05) is 4.90 Å². The fraction of sp³-hybridized carbons (Fsp3) is 0.0811. The van der Waals surface area contributed by atoms with E-state index >= 15 is 0 Å². The molecule has 0 fully saturated rings. The van der Waals surface area contributed by atoms with E-state index in [-0.39, 0.29) is 5.41 Å². The van der Waals surface area contributed by atoms with Gasteiger partial charge in [0.15, 0.2) is 0 Å². The Labute approximate surface area is 241 Å². The van der Waals surface area contributed by atoms with Crippen LogP contribution in [0, 0.1) is 0 Å². The SMILES string of the molecule is CC1(C)c2ccccc2-c2c(N(c3ccc4c(c3)oc3ccncc34)c3ccc4oc5ccncc5c4c3)cccc21. The van der Waals surface area contributed by atoms with Crippen LogP contribution in [-0.2, 0) is 5.41 Å². The number of anilines is 3. The van der Waals surface area contributed by atoms with Gasteiger partial charge in [-0.25, -0.2) is 0 Å². The molecule has 0 bridgehead atoms. The maximum absolute atomic E-state index is 6.32. The van der Waals surface area contributed by atoms with E-state index in [9.17, 15) is 0 Å². The molecule has 0 spiro atoms. The summed E-state index contributed by atoms with van der Waals surface area (Å²) in [5, 5.41) is 4.10. The van der Waals surface area contributed by atoms with Gasteiger partial charge < -0.3 is 13.7 Å². The van der Waals surface area contributed by atoms with Crippen LogP contribution >= 0.6 is 0 Å². The van der Waals surface area contributed by atoms with E-state index in [0.29, 0.717) is 0 Å².